The molecule has 0 heterocycles. The Morgan fingerprint density at radius 1 is 1.17 bits per heavy atom. The lowest BCUT2D eigenvalue weighted by molar-refractivity contribution is -0.317. The van der Waals surface area contributed by atoms with Crippen molar-refractivity contribution in [3.05, 3.63) is 0 Å². The van der Waals surface area contributed by atoms with E-state index in [1.54, 1.807) is 6.92 Å². The van der Waals surface area contributed by atoms with Crippen molar-refractivity contribution in [2.45, 2.75) is 52.2 Å². The number of aliphatic hydroxyl groups excluding tert-OH is 1. The van der Waals surface area contributed by atoms with E-state index in [4.69, 9.17) is 14.9 Å². The van der Waals surface area contributed by atoms with Crippen LogP contribution in [0.4, 0.5) is 0 Å². The molecule has 0 fully saturated rings. The van der Waals surface area contributed by atoms with Gasteiger partial charge in [-0.3, -0.25) is 0 Å². The molecule has 0 spiro atoms. The second-order valence-corrected chi connectivity index (χ2v) is 3.31. The van der Waals surface area contributed by atoms with Gasteiger partial charge < -0.3 is 5.11 Å². The molecule has 0 aliphatic rings. The van der Waals surface area contributed by atoms with E-state index in [1.165, 1.54) is 0 Å². The molecule has 0 aromatic heterocycles. The van der Waals surface area contributed by atoms with Crippen LogP contribution in [0, 0.1) is 0 Å². The molecule has 3 nitrogen and oxygen atoms in total. The third-order valence-corrected chi connectivity index (χ3v) is 1.36. The van der Waals surface area contributed by atoms with E-state index >= 15 is 0 Å². The number of hydrogen-bond acceptors (Lipinski definition) is 3. The monoisotopic (exact) mass is 176 g/mol. The van der Waals surface area contributed by atoms with Crippen molar-refractivity contribution < 1.29 is 14.9 Å². The lowest BCUT2D eigenvalue weighted by atomic mass is 10.2. The van der Waals surface area contributed by atoms with Crippen LogP contribution in [-0.4, -0.2) is 23.9 Å². The number of aliphatic hydroxyl groups is 1. The summed E-state index contributed by atoms with van der Waals surface area (Å²) in [7, 11) is 0. The first-order chi connectivity index (χ1) is 5.63. The Labute approximate surface area is 74.6 Å². The van der Waals surface area contributed by atoms with Gasteiger partial charge in [-0.15, -0.1) is 0 Å². The van der Waals surface area contributed by atoms with Gasteiger partial charge in [0, 0.05) is 0 Å². The molecule has 0 aliphatic carbocycles. The molecule has 0 aliphatic heterocycles. The smallest absolute Gasteiger partial charge is 0.0873 e. The van der Waals surface area contributed by atoms with Gasteiger partial charge in [-0.05, 0) is 40.0 Å². The second-order valence-electron chi connectivity index (χ2n) is 3.31. The van der Waals surface area contributed by atoms with Gasteiger partial charge in [0.25, 0.3) is 0 Å². The van der Waals surface area contributed by atoms with Gasteiger partial charge in [-0.1, -0.05) is 0 Å². The minimum atomic E-state index is -0.198. The van der Waals surface area contributed by atoms with E-state index in [2.05, 4.69) is 0 Å². The Bertz CT molecular complexity index is 79.8. The quantitative estimate of drug-likeness (QED) is 0.366. The molecule has 1 N–H and O–H groups in total. The molecule has 12 heavy (non-hydrogen) atoms. The van der Waals surface area contributed by atoms with Gasteiger partial charge in [-0.25, -0.2) is 9.78 Å². The van der Waals surface area contributed by atoms with Gasteiger partial charge in [0.15, 0.2) is 0 Å². The zero-order valence-corrected chi connectivity index (χ0v) is 8.25. The van der Waals surface area contributed by atoms with Crippen LogP contribution >= 0.6 is 0 Å². The van der Waals surface area contributed by atoms with Crippen molar-refractivity contribution >= 4 is 0 Å². The molecule has 0 aromatic rings. The molecule has 1 atom stereocenters. The molecule has 0 aromatic carbocycles. The Morgan fingerprint density at radius 2 is 1.83 bits per heavy atom. The Balaban J connectivity index is 2.91. The third-order valence-electron chi connectivity index (χ3n) is 1.36. The highest BCUT2D eigenvalue weighted by Gasteiger charge is 1.96. The van der Waals surface area contributed by atoms with Crippen molar-refractivity contribution in [2.75, 3.05) is 6.61 Å². The first-order valence-corrected chi connectivity index (χ1v) is 4.59. The van der Waals surface area contributed by atoms with Crippen LogP contribution in [0.2, 0.25) is 0 Å². The summed E-state index contributed by atoms with van der Waals surface area (Å²) in [5, 5.41) is 8.93. The van der Waals surface area contributed by atoms with Crippen LogP contribution in [0.1, 0.15) is 40.0 Å². The van der Waals surface area contributed by atoms with Gasteiger partial charge in [-0.2, -0.15) is 0 Å². The summed E-state index contributed by atoms with van der Waals surface area (Å²) < 4.78 is 0. The molecule has 0 saturated heterocycles. The Hall–Kier alpha value is -0.120. The lowest BCUT2D eigenvalue weighted by Gasteiger charge is -2.06. The first-order valence-electron chi connectivity index (χ1n) is 4.59. The third kappa shape index (κ3) is 9.88. The molecule has 0 amide bonds. The lowest BCUT2D eigenvalue weighted by Crippen LogP contribution is -2.05. The topological polar surface area (TPSA) is 38.7 Å². The summed E-state index contributed by atoms with van der Waals surface area (Å²) in [4.78, 5) is 9.78. The van der Waals surface area contributed by atoms with Gasteiger partial charge in [0.2, 0.25) is 0 Å². The maximum Gasteiger partial charge on any atom is 0.0873 e. The van der Waals surface area contributed by atoms with Crippen LogP contribution in [-0.2, 0) is 9.78 Å². The fourth-order valence-electron chi connectivity index (χ4n) is 0.785. The van der Waals surface area contributed by atoms with E-state index < -0.39 is 0 Å². The highest BCUT2D eigenvalue weighted by molar-refractivity contribution is 4.46. The average Bonchev–Trinajstić information content (AvgIpc) is 1.95. The predicted molar refractivity (Wildman–Crippen MR) is 47.7 cm³/mol. The van der Waals surface area contributed by atoms with Crippen LogP contribution < -0.4 is 0 Å². The zero-order chi connectivity index (χ0) is 9.40. The Morgan fingerprint density at radius 3 is 2.33 bits per heavy atom. The largest absolute Gasteiger partial charge is 0.393 e. The van der Waals surface area contributed by atoms with Crippen LogP contribution in [0.15, 0.2) is 0 Å². The van der Waals surface area contributed by atoms with E-state index in [-0.39, 0.29) is 12.2 Å². The molecule has 0 bridgehead atoms. The fourth-order valence-corrected chi connectivity index (χ4v) is 0.785. The molecule has 0 radical (unpaired) electrons. The van der Waals surface area contributed by atoms with E-state index in [9.17, 15) is 0 Å². The van der Waals surface area contributed by atoms with Gasteiger partial charge >= 0.3 is 0 Å². The van der Waals surface area contributed by atoms with Crippen molar-refractivity contribution in [2.24, 2.45) is 0 Å². The van der Waals surface area contributed by atoms with E-state index in [1.807, 2.05) is 13.8 Å². The van der Waals surface area contributed by atoms with Crippen molar-refractivity contribution in [1.29, 1.82) is 0 Å². The summed E-state index contributed by atoms with van der Waals surface area (Å²) in [5.41, 5.74) is 0. The summed E-state index contributed by atoms with van der Waals surface area (Å²) in [6, 6.07) is 0. The Kier molecular flexibility index (Phi) is 7.45. The number of unbranched alkanes of at least 4 members (excludes halogenated alkanes) is 1. The highest BCUT2D eigenvalue weighted by Crippen LogP contribution is 2.00. The maximum absolute atomic E-state index is 8.93. The van der Waals surface area contributed by atoms with Crippen molar-refractivity contribution in [3.63, 3.8) is 0 Å². The van der Waals surface area contributed by atoms with Crippen molar-refractivity contribution in [3.8, 4) is 0 Å². The fraction of sp³-hybridized carbons (Fsp3) is 1.00. The summed E-state index contributed by atoms with van der Waals surface area (Å²) in [6.45, 7) is 6.27. The normalized spacial score (nSPS) is 13.8. The molecular formula is C9H20O3. The second kappa shape index (κ2) is 7.53. The first kappa shape index (κ1) is 11.9. The minimum absolute atomic E-state index is 0.127. The summed E-state index contributed by atoms with van der Waals surface area (Å²) in [6.07, 6.45) is 2.69. The average molecular weight is 176 g/mol. The van der Waals surface area contributed by atoms with Crippen molar-refractivity contribution in [1.82, 2.24) is 0 Å². The molecule has 1 unspecified atom stereocenters. The van der Waals surface area contributed by atoms with Crippen LogP contribution in [0.5, 0.6) is 0 Å². The maximum atomic E-state index is 8.93. The molecule has 74 valence electrons. The van der Waals surface area contributed by atoms with Gasteiger partial charge in [0.1, 0.15) is 0 Å². The van der Waals surface area contributed by atoms with E-state index in [0.717, 1.165) is 19.3 Å². The number of hydrogen-bond donors (Lipinski definition) is 1. The standard InChI is InChI=1S/C9H20O3/c1-8(2)12-11-7-5-4-6-9(3)10/h8-10H,4-7H2,1-3H3. The minimum Gasteiger partial charge on any atom is -0.393 e. The van der Waals surface area contributed by atoms with Crippen LogP contribution in [0.3, 0.4) is 0 Å². The van der Waals surface area contributed by atoms with E-state index in [0.29, 0.717) is 6.61 Å². The van der Waals surface area contributed by atoms with Gasteiger partial charge in [0.05, 0.1) is 18.8 Å². The molecular weight excluding hydrogens is 156 g/mol. The molecule has 0 rings (SSSR count). The SMILES string of the molecule is CC(O)CCCCOOC(C)C. The van der Waals surface area contributed by atoms with Crippen LogP contribution in [0.25, 0.3) is 0 Å². The predicted octanol–water partition coefficient (Wildman–Crippen LogP) is 1.89. The summed E-state index contributed by atoms with van der Waals surface area (Å²) in [5.74, 6) is 0. The summed E-state index contributed by atoms with van der Waals surface area (Å²) >= 11 is 0. The zero-order valence-electron chi connectivity index (χ0n) is 8.25. The number of rotatable bonds is 7. The highest BCUT2D eigenvalue weighted by atomic mass is 17.2. The molecule has 3 heteroatoms. The molecule has 0 saturated carbocycles.